The second-order valence-electron chi connectivity index (χ2n) is 3.31. The van der Waals surface area contributed by atoms with E-state index < -0.39 is 0 Å². The molecular formula is C10H24N+. The smallest absolute Gasteiger partial charge is 0.0770 e. The molecule has 0 aromatic carbocycles. The van der Waals surface area contributed by atoms with E-state index in [1.807, 2.05) is 0 Å². The Morgan fingerprint density at radius 3 is 1.55 bits per heavy atom. The maximum atomic E-state index is 2.29. The van der Waals surface area contributed by atoms with Crippen molar-refractivity contribution < 1.29 is 4.90 Å². The average molecular weight is 158 g/mol. The molecule has 1 heteroatoms. The molecular weight excluding hydrogens is 134 g/mol. The lowest BCUT2D eigenvalue weighted by Crippen LogP contribution is -3.11. The summed E-state index contributed by atoms with van der Waals surface area (Å²) in [5, 5.41) is 0. The first-order valence-corrected chi connectivity index (χ1v) is 5.18. The molecule has 0 saturated carbocycles. The van der Waals surface area contributed by atoms with Crippen molar-refractivity contribution in [2.75, 3.05) is 19.6 Å². The van der Waals surface area contributed by atoms with Gasteiger partial charge >= 0.3 is 0 Å². The van der Waals surface area contributed by atoms with E-state index in [1.165, 1.54) is 45.3 Å². The topological polar surface area (TPSA) is 4.44 Å². The standard InChI is InChI=1S/C10H23N/c1-4-7-9-11(6-3)10-8-5-2/h4-10H2,1-3H3/p+1. The fraction of sp³-hybridized carbons (Fsp3) is 1.00. The van der Waals surface area contributed by atoms with Crippen molar-refractivity contribution in [1.82, 2.24) is 0 Å². The predicted octanol–water partition coefficient (Wildman–Crippen LogP) is 1.49. The molecule has 0 radical (unpaired) electrons. The van der Waals surface area contributed by atoms with Gasteiger partial charge in [0.1, 0.15) is 0 Å². The molecule has 1 N–H and O–H groups in total. The fourth-order valence-corrected chi connectivity index (χ4v) is 1.33. The van der Waals surface area contributed by atoms with Crippen molar-refractivity contribution in [2.45, 2.75) is 46.5 Å². The lowest BCUT2D eigenvalue weighted by molar-refractivity contribution is -0.898. The molecule has 0 heterocycles. The summed E-state index contributed by atoms with van der Waals surface area (Å²) >= 11 is 0. The maximum Gasteiger partial charge on any atom is 0.0770 e. The Bertz CT molecular complexity index is 63.3. The first-order valence-electron chi connectivity index (χ1n) is 5.18. The van der Waals surface area contributed by atoms with Crippen LogP contribution >= 0.6 is 0 Å². The number of unbranched alkanes of at least 4 members (excludes halogenated alkanes) is 2. The van der Waals surface area contributed by atoms with Gasteiger partial charge in [-0.05, 0) is 19.8 Å². The summed E-state index contributed by atoms with van der Waals surface area (Å²) in [6, 6.07) is 0. The Labute approximate surface area is 71.8 Å². The monoisotopic (exact) mass is 158 g/mol. The van der Waals surface area contributed by atoms with Crippen LogP contribution in [0.3, 0.4) is 0 Å². The van der Waals surface area contributed by atoms with Crippen molar-refractivity contribution in [2.24, 2.45) is 0 Å². The molecule has 0 aliphatic heterocycles. The Morgan fingerprint density at radius 1 is 0.818 bits per heavy atom. The molecule has 0 bridgehead atoms. The van der Waals surface area contributed by atoms with E-state index in [0.29, 0.717) is 0 Å². The van der Waals surface area contributed by atoms with Crippen LogP contribution in [0.5, 0.6) is 0 Å². The quantitative estimate of drug-likeness (QED) is 0.572. The zero-order valence-corrected chi connectivity index (χ0v) is 8.45. The van der Waals surface area contributed by atoms with Gasteiger partial charge in [-0.3, -0.25) is 0 Å². The van der Waals surface area contributed by atoms with Crippen molar-refractivity contribution in [3.63, 3.8) is 0 Å². The van der Waals surface area contributed by atoms with Gasteiger partial charge in [-0.2, -0.15) is 0 Å². The van der Waals surface area contributed by atoms with Gasteiger partial charge in [0.15, 0.2) is 0 Å². The van der Waals surface area contributed by atoms with Gasteiger partial charge in [0.25, 0.3) is 0 Å². The van der Waals surface area contributed by atoms with E-state index in [1.54, 1.807) is 4.90 Å². The molecule has 0 spiro atoms. The van der Waals surface area contributed by atoms with Gasteiger partial charge in [0, 0.05) is 0 Å². The summed E-state index contributed by atoms with van der Waals surface area (Å²) in [6.45, 7) is 10.9. The van der Waals surface area contributed by atoms with Gasteiger partial charge in [0.05, 0.1) is 19.6 Å². The van der Waals surface area contributed by atoms with E-state index in [4.69, 9.17) is 0 Å². The molecule has 1 nitrogen and oxygen atoms in total. The third-order valence-electron chi connectivity index (χ3n) is 2.27. The molecule has 0 aliphatic carbocycles. The lowest BCUT2D eigenvalue weighted by Gasteiger charge is -2.16. The molecule has 0 aromatic rings. The van der Waals surface area contributed by atoms with E-state index in [2.05, 4.69) is 20.8 Å². The van der Waals surface area contributed by atoms with Crippen LogP contribution in [-0.4, -0.2) is 19.6 Å². The van der Waals surface area contributed by atoms with E-state index >= 15 is 0 Å². The second kappa shape index (κ2) is 8.06. The fourth-order valence-electron chi connectivity index (χ4n) is 1.33. The van der Waals surface area contributed by atoms with Crippen molar-refractivity contribution in [3.05, 3.63) is 0 Å². The highest BCUT2D eigenvalue weighted by molar-refractivity contribution is 4.33. The summed E-state index contributed by atoms with van der Waals surface area (Å²) in [6.07, 6.45) is 5.48. The van der Waals surface area contributed by atoms with Gasteiger partial charge in [0.2, 0.25) is 0 Å². The van der Waals surface area contributed by atoms with Gasteiger partial charge in [-0.1, -0.05) is 26.7 Å². The van der Waals surface area contributed by atoms with Crippen LogP contribution in [-0.2, 0) is 0 Å². The molecule has 0 rings (SSSR count). The molecule has 0 aliphatic rings. The third kappa shape index (κ3) is 6.36. The van der Waals surface area contributed by atoms with Crippen molar-refractivity contribution in [1.29, 1.82) is 0 Å². The van der Waals surface area contributed by atoms with Gasteiger partial charge < -0.3 is 4.90 Å². The van der Waals surface area contributed by atoms with Crippen LogP contribution in [0.25, 0.3) is 0 Å². The highest BCUT2D eigenvalue weighted by Crippen LogP contribution is 1.82. The Balaban J connectivity index is 3.25. The predicted molar refractivity (Wildman–Crippen MR) is 51.1 cm³/mol. The van der Waals surface area contributed by atoms with Crippen molar-refractivity contribution >= 4 is 0 Å². The summed E-state index contributed by atoms with van der Waals surface area (Å²) in [5.41, 5.74) is 0. The first kappa shape index (κ1) is 11.0. The summed E-state index contributed by atoms with van der Waals surface area (Å²) < 4.78 is 0. The Morgan fingerprint density at radius 2 is 1.27 bits per heavy atom. The summed E-state index contributed by atoms with van der Waals surface area (Å²) in [4.78, 5) is 1.79. The van der Waals surface area contributed by atoms with Crippen LogP contribution in [0.4, 0.5) is 0 Å². The zero-order valence-electron chi connectivity index (χ0n) is 8.45. The number of nitrogens with one attached hydrogen (secondary N) is 1. The van der Waals surface area contributed by atoms with Crippen molar-refractivity contribution in [3.8, 4) is 0 Å². The van der Waals surface area contributed by atoms with Crippen LogP contribution in [0.2, 0.25) is 0 Å². The van der Waals surface area contributed by atoms with Crippen LogP contribution in [0, 0.1) is 0 Å². The first-order chi connectivity index (χ1) is 5.35. The van der Waals surface area contributed by atoms with Crippen LogP contribution in [0.1, 0.15) is 46.5 Å². The highest BCUT2D eigenvalue weighted by Gasteiger charge is 2.02. The average Bonchev–Trinajstić information content (AvgIpc) is 2.05. The Hall–Kier alpha value is -0.0400. The minimum atomic E-state index is 1.31. The minimum absolute atomic E-state index is 1.31. The van der Waals surface area contributed by atoms with E-state index in [-0.39, 0.29) is 0 Å². The number of hydrogen-bond acceptors (Lipinski definition) is 0. The molecule has 11 heavy (non-hydrogen) atoms. The SMILES string of the molecule is CCCC[NH+](CC)CCCC. The number of quaternary nitrogens is 1. The highest BCUT2D eigenvalue weighted by atomic mass is 15.1. The third-order valence-corrected chi connectivity index (χ3v) is 2.27. The molecule has 0 fully saturated rings. The van der Waals surface area contributed by atoms with Gasteiger partial charge in [-0.15, -0.1) is 0 Å². The minimum Gasteiger partial charge on any atom is -0.335 e. The normalized spacial score (nSPS) is 10.9. The lowest BCUT2D eigenvalue weighted by atomic mass is 10.2. The number of rotatable bonds is 7. The number of hydrogen-bond donors (Lipinski definition) is 1. The zero-order chi connectivity index (χ0) is 8.53. The van der Waals surface area contributed by atoms with Gasteiger partial charge in [-0.25, -0.2) is 0 Å². The Kier molecular flexibility index (Phi) is 8.03. The summed E-state index contributed by atoms with van der Waals surface area (Å²) in [7, 11) is 0. The largest absolute Gasteiger partial charge is 0.335 e. The molecule has 0 amide bonds. The van der Waals surface area contributed by atoms with E-state index in [0.717, 1.165) is 0 Å². The molecule has 0 atom stereocenters. The molecule has 0 aromatic heterocycles. The summed E-state index contributed by atoms with van der Waals surface area (Å²) in [5.74, 6) is 0. The maximum absolute atomic E-state index is 2.29. The molecule has 0 unspecified atom stereocenters. The van der Waals surface area contributed by atoms with E-state index in [9.17, 15) is 0 Å². The molecule has 0 saturated heterocycles. The molecule has 68 valence electrons. The van der Waals surface area contributed by atoms with Crippen LogP contribution < -0.4 is 4.90 Å². The van der Waals surface area contributed by atoms with Crippen LogP contribution in [0.15, 0.2) is 0 Å². The second-order valence-corrected chi connectivity index (χ2v) is 3.31.